The van der Waals surface area contributed by atoms with Crippen LogP contribution in [0, 0.1) is 10.1 Å². The smallest absolute Gasteiger partial charge is 0.282 e. The number of hydrogen-bond donors (Lipinski definition) is 0. The molecular weight excluding hydrogens is 390 g/mol. The lowest BCUT2D eigenvalue weighted by atomic mass is 10.1. The Morgan fingerprint density at radius 3 is 2.52 bits per heavy atom. The van der Waals surface area contributed by atoms with Gasteiger partial charge in [0.25, 0.3) is 11.6 Å². The Labute approximate surface area is 173 Å². The molecule has 2 fully saturated rings. The van der Waals surface area contributed by atoms with Crippen LogP contribution in [0.2, 0.25) is 0 Å². The molecule has 1 amide bonds. The fraction of sp³-hybridized carbons (Fsp3) is 0.500. The Bertz CT molecular complexity index is 874. The summed E-state index contributed by atoms with van der Waals surface area (Å²) < 4.78 is 0. The van der Waals surface area contributed by atoms with Gasteiger partial charge in [0.15, 0.2) is 0 Å². The topological polar surface area (TPSA) is 82.8 Å². The van der Waals surface area contributed by atoms with Gasteiger partial charge in [-0.05, 0) is 31.9 Å². The lowest BCUT2D eigenvalue weighted by Gasteiger charge is -2.38. The van der Waals surface area contributed by atoms with E-state index in [4.69, 9.17) is 0 Å². The molecular formula is C20H25N5O3S. The van der Waals surface area contributed by atoms with Crippen molar-refractivity contribution in [2.24, 2.45) is 0 Å². The molecule has 1 aromatic heterocycles. The average Bonchev–Trinajstić information content (AvgIpc) is 3.46. The summed E-state index contributed by atoms with van der Waals surface area (Å²) in [6.45, 7) is 6.91. The Morgan fingerprint density at radius 2 is 1.90 bits per heavy atom. The van der Waals surface area contributed by atoms with Crippen molar-refractivity contribution >= 4 is 28.6 Å². The average molecular weight is 416 g/mol. The summed E-state index contributed by atoms with van der Waals surface area (Å²) in [5.74, 6) is -0.230. The number of amides is 1. The lowest BCUT2D eigenvalue weighted by Crippen LogP contribution is -2.47. The number of piperazine rings is 1. The van der Waals surface area contributed by atoms with E-state index in [9.17, 15) is 14.9 Å². The van der Waals surface area contributed by atoms with Crippen LogP contribution in [0.15, 0.2) is 29.8 Å². The van der Waals surface area contributed by atoms with Crippen molar-refractivity contribution in [1.82, 2.24) is 14.8 Å². The maximum atomic E-state index is 12.9. The van der Waals surface area contributed by atoms with Gasteiger partial charge >= 0.3 is 0 Å². The van der Waals surface area contributed by atoms with Crippen LogP contribution >= 0.6 is 11.3 Å². The van der Waals surface area contributed by atoms with Crippen molar-refractivity contribution in [2.75, 3.05) is 44.2 Å². The number of benzene rings is 1. The molecule has 2 aliphatic heterocycles. The molecule has 3 heterocycles. The third kappa shape index (κ3) is 4.11. The van der Waals surface area contributed by atoms with Gasteiger partial charge in [-0.15, -0.1) is 11.3 Å². The maximum Gasteiger partial charge on any atom is 0.282 e. The third-order valence-electron chi connectivity index (χ3n) is 5.84. The predicted octanol–water partition coefficient (Wildman–Crippen LogP) is 3.17. The van der Waals surface area contributed by atoms with Gasteiger partial charge in [0.1, 0.15) is 10.6 Å². The fourth-order valence-electron chi connectivity index (χ4n) is 4.11. The molecule has 1 unspecified atom stereocenters. The monoisotopic (exact) mass is 415 g/mol. The summed E-state index contributed by atoms with van der Waals surface area (Å²) in [7, 11) is 0. The van der Waals surface area contributed by atoms with Crippen LogP contribution in [0.1, 0.15) is 41.2 Å². The van der Waals surface area contributed by atoms with Crippen LogP contribution in [0.3, 0.4) is 0 Å². The van der Waals surface area contributed by atoms with Gasteiger partial charge in [-0.3, -0.25) is 19.8 Å². The largest absolute Gasteiger partial charge is 0.369 e. The first-order chi connectivity index (χ1) is 14.0. The summed E-state index contributed by atoms with van der Waals surface area (Å²) in [6.07, 6.45) is 3.75. The van der Waals surface area contributed by atoms with E-state index >= 15 is 0 Å². The van der Waals surface area contributed by atoms with Gasteiger partial charge in [-0.2, -0.15) is 0 Å². The molecule has 0 N–H and O–H groups in total. The quantitative estimate of drug-likeness (QED) is 0.551. The second kappa shape index (κ2) is 8.46. The van der Waals surface area contributed by atoms with E-state index < -0.39 is 4.92 Å². The molecule has 0 aliphatic carbocycles. The summed E-state index contributed by atoms with van der Waals surface area (Å²) in [4.78, 5) is 34.6. The number of carbonyl (C=O) groups excluding carboxylic acids is 1. The molecule has 2 saturated heterocycles. The highest BCUT2D eigenvalue weighted by atomic mass is 32.1. The number of thiazole rings is 1. The standard InChI is InChI=1S/C20H25N5O3S/c1-15(19-21-6-13-29-19)22-9-11-23(12-10-22)16-4-5-18(25(27)28)17(14-16)20(26)24-7-2-3-8-24/h4-6,13-15H,2-3,7-12H2,1H3. The van der Waals surface area contributed by atoms with Crippen LogP contribution in [-0.4, -0.2) is 64.9 Å². The maximum absolute atomic E-state index is 12.9. The molecule has 9 heteroatoms. The van der Waals surface area contributed by atoms with Gasteiger partial charge in [0, 0.05) is 62.6 Å². The highest BCUT2D eigenvalue weighted by Gasteiger charge is 2.29. The number of nitrogens with zero attached hydrogens (tertiary/aromatic N) is 5. The van der Waals surface area contributed by atoms with Gasteiger partial charge in [0.05, 0.1) is 11.0 Å². The van der Waals surface area contributed by atoms with Crippen molar-refractivity contribution in [3.63, 3.8) is 0 Å². The molecule has 0 bridgehead atoms. The van der Waals surface area contributed by atoms with Crippen LogP contribution < -0.4 is 4.90 Å². The van der Waals surface area contributed by atoms with Crippen LogP contribution in [0.4, 0.5) is 11.4 Å². The molecule has 8 nitrogen and oxygen atoms in total. The summed E-state index contributed by atoms with van der Waals surface area (Å²) >= 11 is 1.67. The predicted molar refractivity (Wildman–Crippen MR) is 113 cm³/mol. The molecule has 154 valence electrons. The van der Waals surface area contributed by atoms with E-state index in [0.717, 1.165) is 49.7 Å². The number of rotatable bonds is 5. The summed E-state index contributed by atoms with van der Waals surface area (Å²) in [5, 5.41) is 14.6. The minimum atomic E-state index is -0.458. The Balaban J connectivity index is 1.49. The normalized spacial score (nSPS) is 18.8. The van der Waals surface area contributed by atoms with Crippen LogP contribution in [0.25, 0.3) is 0 Å². The van der Waals surface area contributed by atoms with Crippen LogP contribution in [0.5, 0.6) is 0 Å². The fourth-order valence-corrected chi connectivity index (χ4v) is 4.84. The summed E-state index contributed by atoms with van der Waals surface area (Å²) in [5.41, 5.74) is 0.967. The number of aromatic nitrogens is 1. The van der Waals surface area contributed by atoms with Crippen LogP contribution in [-0.2, 0) is 0 Å². The Kier molecular flexibility index (Phi) is 5.77. The summed E-state index contributed by atoms with van der Waals surface area (Å²) in [6, 6.07) is 5.22. The number of carbonyl (C=O) groups is 1. The van der Waals surface area contributed by atoms with Crippen molar-refractivity contribution in [1.29, 1.82) is 0 Å². The van der Waals surface area contributed by atoms with E-state index in [1.54, 1.807) is 28.4 Å². The zero-order valence-electron chi connectivity index (χ0n) is 16.5. The first kappa shape index (κ1) is 19.8. The lowest BCUT2D eigenvalue weighted by molar-refractivity contribution is -0.385. The molecule has 4 rings (SSSR count). The third-order valence-corrected chi connectivity index (χ3v) is 6.78. The Hall–Kier alpha value is -2.52. The zero-order valence-corrected chi connectivity index (χ0v) is 17.3. The molecule has 2 aliphatic rings. The van der Waals surface area contributed by atoms with E-state index in [0.29, 0.717) is 13.1 Å². The van der Waals surface area contributed by atoms with Gasteiger partial charge in [-0.1, -0.05) is 0 Å². The SMILES string of the molecule is CC(c1nccs1)N1CCN(c2ccc([N+](=O)[O-])c(C(=O)N3CCCC3)c2)CC1. The molecule has 29 heavy (non-hydrogen) atoms. The number of nitro groups is 1. The number of likely N-dealkylation sites (tertiary alicyclic amines) is 1. The number of hydrogen-bond acceptors (Lipinski definition) is 7. The first-order valence-electron chi connectivity index (χ1n) is 10.0. The van der Waals surface area contributed by atoms with Crippen molar-refractivity contribution in [3.05, 3.63) is 50.5 Å². The van der Waals surface area contributed by atoms with E-state index in [1.165, 1.54) is 6.07 Å². The second-order valence-corrected chi connectivity index (χ2v) is 8.45. The van der Waals surface area contributed by atoms with Gasteiger partial charge < -0.3 is 9.80 Å². The van der Waals surface area contributed by atoms with E-state index in [-0.39, 0.29) is 23.2 Å². The van der Waals surface area contributed by atoms with E-state index in [1.807, 2.05) is 11.6 Å². The zero-order chi connectivity index (χ0) is 20.4. The van der Waals surface area contributed by atoms with Gasteiger partial charge in [0.2, 0.25) is 0 Å². The second-order valence-electron chi connectivity index (χ2n) is 7.53. The number of anilines is 1. The molecule has 0 spiro atoms. The highest BCUT2D eigenvalue weighted by molar-refractivity contribution is 7.09. The minimum Gasteiger partial charge on any atom is -0.369 e. The first-order valence-corrected chi connectivity index (χ1v) is 10.9. The highest BCUT2D eigenvalue weighted by Crippen LogP contribution is 2.29. The minimum absolute atomic E-state index is 0.110. The van der Waals surface area contributed by atoms with Crippen molar-refractivity contribution in [2.45, 2.75) is 25.8 Å². The number of nitro benzene ring substituents is 1. The molecule has 2 aromatic rings. The van der Waals surface area contributed by atoms with Crippen molar-refractivity contribution in [3.8, 4) is 0 Å². The molecule has 0 radical (unpaired) electrons. The Morgan fingerprint density at radius 1 is 1.17 bits per heavy atom. The van der Waals surface area contributed by atoms with Crippen molar-refractivity contribution < 1.29 is 9.72 Å². The molecule has 1 aromatic carbocycles. The van der Waals surface area contributed by atoms with E-state index in [2.05, 4.69) is 21.7 Å². The molecule has 0 saturated carbocycles. The van der Waals surface area contributed by atoms with Gasteiger partial charge in [-0.25, -0.2) is 4.98 Å². The molecule has 1 atom stereocenters.